The highest BCUT2D eigenvalue weighted by atomic mass is 16.5. The van der Waals surface area contributed by atoms with Crippen LogP contribution in [-0.2, 0) is 17.8 Å². The molecule has 23 heavy (non-hydrogen) atoms. The Morgan fingerprint density at radius 1 is 1.30 bits per heavy atom. The molecule has 0 saturated carbocycles. The van der Waals surface area contributed by atoms with Crippen molar-refractivity contribution in [2.24, 2.45) is 5.92 Å². The van der Waals surface area contributed by atoms with E-state index in [1.165, 1.54) is 0 Å². The normalized spacial score (nSPS) is 12.2. The third-order valence-corrected chi connectivity index (χ3v) is 4.01. The fourth-order valence-electron chi connectivity index (χ4n) is 2.69. The van der Waals surface area contributed by atoms with E-state index in [1.54, 1.807) is 4.90 Å². The summed E-state index contributed by atoms with van der Waals surface area (Å²) in [6.45, 7) is 6.45. The molecule has 5 nitrogen and oxygen atoms in total. The van der Waals surface area contributed by atoms with Crippen molar-refractivity contribution in [1.82, 2.24) is 10.1 Å². The van der Waals surface area contributed by atoms with E-state index in [2.05, 4.69) is 5.16 Å². The molecule has 5 heteroatoms. The molecule has 0 radical (unpaired) electrons. The number of rotatable bonds is 7. The largest absolute Gasteiger partial charge is 0.395 e. The van der Waals surface area contributed by atoms with Crippen molar-refractivity contribution < 1.29 is 14.4 Å². The van der Waals surface area contributed by atoms with Crippen molar-refractivity contribution in [2.45, 2.75) is 33.7 Å². The molecule has 1 atom stereocenters. The molecule has 0 saturated heterocycles. The molecule has 0 spiro atoms. The summed E-state index contributed by atoms with van der Waals surface area (Å²) in [6, 6.07) is 9.81. The Morgan fingerprint density at radius 2 is 2.00 bits per heavy atom. The lowest BCUT2D eigenvalue weighted by Gasteiger charge is -2.25. The average Bonchev–Trinajstić information content (AvgIpc) is 2.86. The lowest BCUT2D eigenvalue weighted by Crippen LogP contribution is -2.37. The second-order valence-corrected chi connectivity index (χ2v) is 5.88. The molecule has 1 unspecified atom stereocenters. The molecule has 2 aromatic rings. The summed E-state index contributed by atoms with van der Waals surface area (Å²) in [5.41, 5.74) is 2.88. The van der Waals surface area contributed by atoms with Crippen molar-refractivity contribution in [2.75, 3.05) is 13.2 Å². The fraction of sp³-hybridized carbons (Fsp3) is 0.444. The van der Waals surface area contributed by atoms with Gasteiger partial charge in [-0.2, -0.15) is 0 Å². The van der Waals surface area contributed by atoms with E-state index in [0.29, 0.717) is 19.5 Å². The highest BCUT2D eigenvalue weighted by molar-refractivity contribution is 5.78. The molecule has 0 aliphatic rings. The van der Waals surface area contributed by atoms with Crippen LogP contribution in [0.5, 0.6) is 0 Å². The van der Waals surface area contributed by atoms with Gasteiger partial charge in [-0.15, -0.1) is 0 Å². The lowest BCUT2D eigenvalue weighted by molar-refractivity contribution is -0.136. The molecule has 1 heterocycles. The number of aromatic nitrogens is 1. The summed E-state index contributed by atoms with van der Waals surface area (Å²) < 4.78 is 5.16. The summed E-state index contributed by atoms with van der Waals surface area (Å²) in [6.07, 6.45) is 0.594. The van der Waals surface area contributed by atoms with Gasteiger partial charge in [-0.25, -0.2) is 0 Å². The van der Waals surface area contributed by atoms with Crippen LogP contribution in [0.1, 0.15) is 29.5 Å². The van der Waals surface area contributed by atoms with Crippen LogP contribution in [0.15, 0.2) is 34.9 Å². The summed E-state index contributed by atoms with van der Waals surface area (Å²) in [5, 5.41) is 13.2. The quantitative estimate of drug-likeness (QED) is 0.852. The van der Waals surface area contributed by atoms with Crippen molar-refractivity contribution in [3.05, 3.63) is 52.9 Å². The number of hydrogen-bond acceptors (Lipinski definition) is 4. The van der Waals surface area contributed by atoms with E-state index < -0.39 is 0 Å². The number of aryl methyl sites for hydroxylation is 2. The van der Waals surface area contributed by atoms with Crippen LogP contribution in [0.25, 0.3) is 0 Å². The number of carbonyl (C=O) groups is 1. The summed E-state index contributed by atoms with van der Waals surface area (Å²) in [4.78, 5) is 14.5. The predicted molar refractivity (Wildman–Crippen MR) is 87.8 cm³/mol. The second-order valence-electron chi connectivity index (χ2n) is 5.88. The minimum atomic E-state index is -0.193. The van der Waals surface area contributed by atoms with Gasteiger partial charge in [0.1, 0.15) is 5.76 Å². The summed E-state index contributed by atoms with van der Waals surface area (Å²) >= 11 is 0. The molecule has 1 amide bonds. The van der Waals surface area contributed by atoms with Gasteiger partial charge < -0.3 is 14.5 Å². The second kappa shape index (κ2) is 7.92. The van der Waals surface area contributed by atoms with E-state index in [4.69, 9.17) is 4.52 Å². The van der Waals surface area contributed by atoms with Crippen molar-refractivity contribution >= 4 is 5.91 Å². The zero-order valence-corrected chi connectivity index (χ0v) is 14.0. The van der Waals surface area contributed by atoms with Gasteiger partial charge in [0.25, 0.3) is 0 Å². The van der Waals surface area contributed by atoms with Gasteiger partial charge in [-0.3, -0.25) is 4.79 Å². The minimum absolute atomic E-state index is 0.0305. The highest BCUT2D eigenvalue weighted by Crippen LogP contribution is 2.19. The standard InChI is InChI=1S/C18H24N2O3/c1-13(11-17-14(2)19-23-15(17)3)18(22)20(9-10-21)12-16-7-5-4-6-8-16/h4-8,13,21H,9-12H2,1-3H3. The molecular weight excluding hydrogens is 292 g/mol. The van der Waals surface area contributed by atoms with Crippen LogP contribution in [0.2, 0.25) is 0 Å². The van der Waals surface area contributed by atoms with Crippen LogP contribution in [0, 0.1) is 19.8 Å². The van der Waals surface area contributed by atoms with E-state index in [0.717, 1.165) is 22.6 Å². The maximum atomic E-state index is 12.8. The zero-order chi connectivity index (χ0) is 16.8. The number of hydrogen-bond donors (Lipinski definition) is 1. The number of benzene rings is 1. The predicted octanol–water partition coefficient (Wildman–Crippen LogP) is 2.49. The van der Waals surface area contributed by atoms with E-state index in [-0.39, 0.29) is 18.4 Å². The first kappa shape index (κ1) is 17.2. The van der Waals surface area contributed by atoms with Crippen molar-refractivity contribution in [3.8, 4) is 0 Å². The molecule has 1 aromatic heterocycles. The maximum absolute atomic E-state index is 12.8. The third kappa shape index (κ3) is 4.42. The van der Waals surface area contributed by atoms with Crippen molar-refractivity contribution in [1.29, 1.82) is 0 Å². The maximum Gasteiger partial charge on any atom is 0.226 e. The van der Waals surface area contributed by atoms with E-state index >= 15 is 0 Å². The molecule has 2 rings (SSSR count). The third-order valence-electron chi connectivity index (χ3n) is 4.01. The van der Waals surface area contributed by atoms with Crippen molar-refractivity contribution in [3.63, 3.8) is 0 Å². The van der Waals surface area contributed by atoms with Crippen LogP contribution in [-0.4, -0.2) is 34.2 Å². The molecule has 124 valence electrons. The highest BCUT2D eigenvalue weighted by Gasteiger charge is 2.23. The Bertz CT molecular complexity index is 617. The van der Waals surface area contributed by atoms with Gasteiger partial charge >= 0.3 is 0 Å². The number of aliphatic hydroxyl groups excluding tert-OH is 1. The molecule has 0 aliphatic heterocycles. The van der Waals surface area contributed by atoms with Gasteiger partial charge in [-0.05, 0) is 25.8 Å². The van der Waals surface area contributed by atoms with E-state index in [9.17, 15) is 9.90 Å². The molecule has 0 fully saturated rings. The topological polar surface area (TPSA) is 66.6 Å². The van der Waals surface area contributed by atoms with Crippen LogP contribution < -0.4 is 0 Å². The fourth-order valence-corrected chi connectivity index (χ4v) is 2.69. The first-order chi connectivity index (χ1) is 11.0. The van der Waals surface area contributed by atoms with Crippen LogP contribution in [0.4, 0.5) is 0 Å². The Labute approximate surface area is 136 Å². The zero-order valence-electron chi connectivity index (χ0n) is 14.0. The van der Waals surface area contributed by atoms with Gasteiger partial charge in [-0.1, -0.05) is 42.4 Å². The van der Waals surface area contributed by atoms with Gasteiger partial charge in [0.2, 0.25) is 5.91 Å². The SMILES string of the molecule is Cc1noc(C)c1CC(C)C(=O)N(CCO)Cc1ccccc1. The van der Waals surface area contributed by atoms with E-state index in [1.807, 2.05) is 51.1 Å². The van der Waals surface area contributed by atoms with Crippen LogP contribution >= 0.6 is 0 Å². The van der Waals surface area contributed by atoms with Gasteiger partial charge in [0.15, 0.2) is 0 Å². The average molecular weight is 316 g/mol. The summed E-state index contributed by atoms with van der Waals surface area (Å²) in [5.74, 6) is 0.601. The Balaban J connectivity index is 2.07. The Kier molecular flexibility index (Phi) is 5.93. The Morgan fingerprint density at radius 3 is 2.57 bits per heavy atom. The monoisotopic (exact) mass is 316 g/mol. The first-order valence-electron chi connectivity index (χ1n) is 7.88. The minimum Gasteiger partial charge on any atom is -0.395 e. The number of nitrogens with zero attached hydrogens (tertiary/aromatic N) is 2. The molecule has 0 bridgehead atoms. The molecule has 1 N–H and O–H groups in total. The Hall–Kier alpha value is -2.14. The molecule has 1 aromatic carbocycles. The number of carbonyl (C=O) groups excluding carboxylic acids is 1. The molecule has 0 aliphatic carbocycles. The number of aliphatic hydroxyl groups is 1. The van der Waals surface area contributed by atoms with Crippen LogP contribution in [0.3, 0.4) is 0 Å². The summed E-state index contributed by atoms with van der Waals surface area (Å²) in [7, 11) is 0. The first-order valence-corrected chi connectivity index (χ1v) is 7.88. The smallest absolute Gasteiger partial charge is 0.226 e. The lowest BCUT2D eigenvalue weighted by atomic mass is 9.98. The van der Waals surface area contributed by atoms with Gasteiger partial charge in [0, 0.05) is 24.6 Å². The number of amides is 1. The molecular formula is C18H24N2O3. The van der Waals surface area contributed by atoms with Gasteiger partial charge in [0.05, 0.1) is 12.3 Å².